The van der Waals surface area contributed by atoms with Gasteiger partial charge in [0, 0.05) is 0 Å². The Morgan fingerprint density at radius 2 is 2.50 bits per heavy atom. The van der Waals surface area contributed by atoms with Crippen LogP contribution in [0.1, 0.15) is 0 Å². The van der Waals surface area contributed by atoms with Crippen LogP contribution in [0.5, 0.6) is 0 Å². The predicted molar refractivity (Wildman–Crippen MR) is 26.4 cm³/mol. The summed E-state index contributed by atoms with van der Waals surface area (Å²) >= 11 is -0.154. The Kier molecular flexibility index (Phi) is 3.23. The monoisotopic (exact) mass is 197 g/mol. The van der Waals surface area contributed by atoms with Crippen LogP contribution in [0, 0.1) is 11.3 Å². The molecule has 6 heavy (non-hydrogen) atoms. The molecule has 0 radical (unpaired) electrons. The normalized spacial score (nSPS) is 6.67. The first-order valence-corrected chi connectivity index (χ1v) is 4.94. The van der Waals surface area contributed by atoms with Crippen LogP contribution in [0.4, 0.5) is 0 Å². The quantitative estimate of drug-likeness (QED) is 0.447. The van der Waals surface area contributed by atoms with Crippen molar-refractivity contribution in [1.82, 2.24) is 0 Å². The summed E-state index contributed by atoms with van der Waals surface area (Å²) in [5.41, 5.74) is 0. The van der Waals surface area contributed by atoms with E-state index < -0.39 is 0 Å². The van der Waals surface area contributed by atoms with Crippen molar-refractivity contribution in [1.29, 1.82) is 5.26 Å². The molecule has 2 heteroatoms. The van der Waals surface area contributed by atoms with Gasteiger partial charge >= 0.3 is 47.4 Å². The van der Waals surface area contributed by atoms with Gasteiger partial charge in [-0.15, -0.1) is 0 Å². The van der Waals surface area contributed by atoms with Crippen LogP contribution in [0.2, 0.25) is 4.97 Å². The van der Waals surface area contributed by atoms with E-state index in [0.717, 1.165) is 3.62 Å². The van der Waals surface area contributed by atoms with Gasteiger partial charge in [-0.2, -0.15) is 0 Å². The summed E-state index contributed by atoms with van der Waals surface area (Å²) in [4.78, 5) is 2.04. The summed E-state index contributed by atoms with van der Waals surface area (Å²) in [5.74, 6) is 0. The average molecular weight is 195 g/mol. The van der Waals surface area contributed by atoms with Crippen molar-refractivity contribution >= 4 is 20.9 Å². The molecule has 0 fully saturated rings. The Hall–Kier alpha value is 0.0196. The second kappa shape index (κ2) is 3.22. The van der Waals surface area contributed by atoms with Crippen molar-refractivity contribution in [3.05, 3.63) is 10.2 Å². The third-order valence-electron chi connectivity index (χ3n) is 0.371. The average Bonchev–Trinajstić information content (AvgIpc) is 1.65. The molecular formula is C4H5NTe. The zero-order valence-electron chi connectivity index (χ0n) is 3.56. The molecule has 1 nitrogen and oxygen atoms in total. The van der Waals surface area contributed by atoms with Gasteiger partial charge in [-0.05, 0) is 0 Å². The SMILES string of the molecule is C=C(C#N)[Te]C. The first-order valence-electron chi connectivity index (χ1n) is 1.44. The minimum atomic E-state index is -0.154. The predicted octanol–water partition coefficient (Wildman–Crippen LogP) is 0.776. The second-order valence-corrected chi connectivity index (χ2v) is 3.31. The molecule has 0 heterocycles. The molecule has 0 amide bonds. The van der Waals surface area contributed by atoms with Crippen LogP contribution >= 0.6 is 0 Å². The van der Waals surface area contributed by atoms with Crippen LogP contribution < -0.4 is 0 Å². The number of rotatable bonds is 1. The molecule has 0 saturated heterocycles. The van der Waals surface area contributed by atoms with Gasteiger partial charge in [-0.1, -0.05) is 0 Å². The third-order valence-corrected chi connectivity index (χ3v) is 2.04. The Morgan fingerprint density at radius 1 is 2.00 bits per heavy atom. The van der Waals surface area contributed by atoms with Gasteiger partial charge in [0.25, 0.3) is 0 Å². The summed E-state index contributed by atoms with van der Waals surface area (Å²) < 4.78 is 0.778. The van der Waals surface area contributed by atoms with Gasteiger partial charge in [0.05, 0.1) is 0 Å². The van der Waals surface area contributed by atoms with Crippen LogP contribution in [0.15, 0.2) is 10.2 Å². The maximum absolute atomic E-state index is 8.02. The van der Waals surface area contributed by atoms with E-state index in [9.17, 15) is 0 Å². The molecule has 0 rings (SSSR count). The molecule has 0 aromatic heterocycles. The van der Waals surface area contributed by atoms with Crippen LogP contribution in [0.3, 0.4) is 0 Å². The summed E-state index contributed by atoms with van der Waals surface area (Å²) in [6.45, 7) is 3.49. The van der Waals surface area contributed by atoms with E-state index in [4.69, 9.17) is 5.26 Å². The number of hydrogen-bond acceptors (Lipinski definition) is 1. The van der Waals surface area contributed by atoms with Gasteiger partial charge < -0.3 is 0 Å². The molecule has 0 aliphatic carbocycles. The topological polar surface area (TPSA) is 23.8 Å². The number of allylic oxidation sites excluding steroid dienone is 1. The minimum absolute atomic E-state index is 0.154. The molecule has 0 spiro atoms. The van der Waals surface area contributed by atoms with E-state index in [1.807, 2.05) is 11.0 Å². The van der Waals surface area contributed by atoms with E-state index in [-0.39, 0.29) is 20.9 Å². The van der Waals surface area contributed by atoms with E-state index in [1.54, 1.807) is 0 Å². The van der Waals surface area contributed by atoms with Crippen molar-refractivity contribution in [3.8, 4) is 6.07 Å². The molecular weight excluding hydrogens is 190 g/mol. The first-order chi connectivity index (χ1) is 2.81. The zero-order chi connectivity index (χ0) is 4.99. The summed E-state index contributed by atoms with van der Waals surface area (Å²) in [6, 6.07) is 1.98. The molecule has 0 aromatic rings. The van der Waals surface area contributed by atoms with E-state index in [1.165, 1.54) is 0 Å². The molecule has 0 bridgehead atoms. The standard InChI is InChI=1S/C4H5NTe/c1-4(3-5)6-2/h1H2,2H3. The summed E-state index contributed by atoms with van der Waals surface area (Å²) in [5, 5.41) is 8.02. The van der Waals surface area contributed by atoms with Gasteiger partial charge in [-0.3, -0.25) is 0 Å². The molecule has 0 N–H and O–H groups in total. The summed E-state index contributed by atoms with van der Waals surface area (Å²) in [7, 11) is 0. The Balaban J connectivity index is 3.33. The van der Waals surface area contributed by atoms with Crippen molar-refractivity contribution < 1.29 is 0 Å². The molecule has 0 unspecified atom stereocenters. The fraction of sp³-hybridized carbons (Fsp3) is 0.250. The van der Waals surface area contributed by atoms with E-state index >= 15 is 0 Å². The van der Waals surface area contributed by atoms with Crippen LogP contribution in [-0.2, 0) is 0 Å². The van der Waals surface area contributed by atoms with E-state index in [0.29, 0.717) is 0 Å². The Labute approximate surface area is 47.7 Å². The van der Waals surface area contributed by atoms with Gasteiger partial charge in [0.15, 0.2) is 0 Å². The van der Waals surface area contributed by atoms with Crippen LogP contribution in [0.25, 0.3) is 0 Å². The molecule has 0 aromatic carbocycles. The Morgan fingerprint density at radius 3 is 2.50 bits per heavy atom. The molecule has 32 valence electrons. The van der Waals surface area contributed by atoms with Gasteiger partial charge in [0.1, 0.15) is 0 Å². The summed E-state index contributed by atoms with van der Waals surface area (Å²) in [6.07, 6.45) is 0. The molecule has 0 aliphatic rings. The van der Waals surface area contributed by atoms with Crippen molar-refractivity contribution in [2.24, 2.45) is 0 Å². The fourth-order valence-corrected chi connectivity index (χ4v) is 0.306. The van der Waals surface area contributed by atoms with E-state index in [2.05, 4.69) is 6.58 Å². The first kappa shape index (κ1) is 6.02. The van der Waals surface area contributed by atoms with Gasteiger partial charge in [-0.25, -0.2) is 0 Å². The Bertz CT molecular complexity index is 90.2. The number of hydrogen-bond donors (Lipinski definition) is 0. The maximum atomic E-state index is 8.02. The van der Waals surface area contributed by atoms with Crippen molar-refractivity contribution in [3.63, 3.8) is 0 Å². The molecule has 0 atom stereocenters. The third kappa shape index (κ3) is 2.27. The van der Waals surface area contributed by atoms with Gasteiger partial charge in [0.2, 0.25) is 0 Å². The van der Waals surface area contributed by atoms with Crippen molar-refractivity contribution in [2.45, 2.75) is 4.97 Å². The van der Waals surface area contributed by atoms with Crippen LogP contribution in [-0.4, -0.2) is 20.9 Å². The van der Waals surface area contributed by atoms with Crippen molar-refractivity contribution in [2.75, 3.05) is 0 Å². The zero-order valence-corrected chi connectivity index (χ0v) is 5.89. The fourth-order valence-electron chi connectivity index (χ4n) is 0.0456. The molecule has 0 saturated carbocycles. The number of nitrogens with zero attached hydrogens (tertiary/aromatic N) is 1. The number of nitriles is 1. The molecule has 0 aliphatic heterocycles. The second-order valence-electron chi connectivity index (χ2n) is 0.739.